The second-order valence-electron chi connectivity index (χ2n) is 5.03. The molecule has 3 aromatic rings. The van der Waals surface area contributed by atoms with Crippen LogP contribution in [-0.2, 0) is 0 Å². The van der Waals surface area contributed by atoms with Crippen LogP contribution in [0.1, 0.15) is 0 Å². The van der Waals surface area contributed by atoms with Crippen molar-refractivity contribution >= 4 is 67.3 Å². The van der Waals surface area contributed by atoms with Gasteiger partial charge >= 0.3 is 6.03 Å². The van der Waals surface area contributed by atoms with Crippen LogP contribution >= 0.6 is 39.1 Å². The maximum absolute atomic E-state index is 12.2. The van der Waals surface area contributed by atoms with Crippen LogP contribution in [0.5, 0.6) is 5.75 Å². The lowest BCUT2D eigenvalue weighted by Crippen LogP contribution is -2.19. The van der Waals surface area contributed by atoms with Crippen LogP contribution in [0.2, 0.25) is 10.0 Å². The van der Waals surface area contributed by atoms with Crippen LogP contribution in [0, 0.1) is 0 Å². The van der Waals surface area contributed by atoms with E-state index in [9.17, 15) is 9.90 Å². The highest BCUT2D eigenvalue weighted by atomic mass is 79.9. The van der Waals surface area contributed by atoms with Crippen molar-refractivity contribution in [3.63, 3.8) is 0 Å². The number of anilines is 2. The van der Waals surface area contributed by atoms with Crippen molar-refractivity contribution < 1.29 is 9.90 Å². The number of rotatable bonds is 2. The van der Waals surface area contributed by atoms with E-state index in [0.29, 0.717) is 27.2 Å². The number of nitrogens with one attached hydrogen (secondary N) is 2. The molecule has 0 bridgehead atoms. The van der Waals surface area contributed by atoms with Crippen LogP contribution in [0.4, 0.5) is 16.2 Å². The number of aromatic hydroxyl groups is 1. The van der Waals surface area contributed by atoms with E-state index in [1.165, 1.54) is 12.1 Å². The number of phenols is 1. The average molecular weight is 426 g/mol. The molecule has 0 heterocycles. The number of amides is 2. The number of benzene rings is 3. The molecule has 0 unspecified atom stereocenters. The highest BCUT2D eigenvalue weighted by Crippen LogP contribution is 2.38. The summed E-state index contributed by atoms with van der Waals surface area (Å²) in [5.41, 5.74) is 1.01. The summed E-state index contributed by atoms with van der Waals surface area (Å²) in [7, 11) is 0. The summed E-state index contributed by atoms with van der Waals surface area (Å²) in [6, 6.07) is 12.9. The first-order valence-electron chi connectivity index (χ1n) is 6.88. The van der Waals surface area contributed by atoms with Crippen LogP contribution in [0.15, 0.2) is 53.0 Å². The highest BCUT2D eigenvalue weighted by Gasteiger charge is 2.13. The smallest absolute Gasteiger partial charge is 0.323 e. The fraction of sp³-hybridized carbons (Fsp3) is 0. The van der Waals surface area contributed by atoms with E-state index < -0.39 is 6.03 Å². The Morgan fingerprint density at radius 3 is 2.33 bits per heavy atom. The zero-order valence-electron chi connectivity index (χ0n) is 12.1. The average Bonchev–Trinajstić information content (AvgIpc) is 2.53. The van der Waals surface area contributed by atoms with E-state index in [-0.39, 0.29) is 10.8 Å². The van der Waals surface area contributed by atoms with Gasteiger partial charge in [0.2, 0.25) is 0 Å². The standard InChI is InChI=1S/C17H11BrCl2N2O2/c18-9-1-3-10(4-2-9)21-17(24)22-16-13-7-11(23)5-6-12(13)14(19)8-15(16)20/h1-8,23H,(H2,21,22,24). The van der Waals surface area contributed by atoms with Gasteiger partial charge in [0.05, 0.1) is 15.7 Å². The summed E-state index contributed by atoms with van der Waals surface area (Å²) < 4.78 is 0.913. The Labute approximate surface area is 156 Å². The predicted molar refractivity (Wildman–Crippen MR) is 102 cm³/mol. The Bertz CT molecular complexity index is 930. The van der Waals surface area contributed by atoms with Crippen LogP contribution in [0.25, 0.3) is 10.8 Å². The minimum atomic E-state index is -0.453. The molecule has 122 valence electrons. The molecule has 0 fully saturated rings. The zero-order valence-corrected chi connectivity index (χ0v) is 15.2. The molecule has 0 aliphatic heterocycles. The van der Waals surface area contributed by atoms with Gasteiger partial charge in [-0.25, -0.2) is 4.79 Å². The van der Waals surface area contributed by atoms with Crippen LogP contribution < -0.4 is 10.6 Å². The number of fused-ring (bicyclic) bond motifs is 1. The number of carbonyl (C=O) groups is 1. The molecule has 0 aliphatic rings. The minimum Gasteiger partial charge on any atom is -0.508 e. The minimum absolute atomic E-state index is 0.0530. The molecule has 0 aromatic heterocycles. The lowest BCUT2D eigenvalue weighted by molar-refractivity contribution is 0.262. The summed E-state index contributed by atoms with van der Waals surface area (Å²) in [5.74, 6) is 0.0530. The van der Waals surface area contributed by atoms with Crippen molar-refractivity contribution in [1.82, 2.24) is 0 Å². The number of urea groups is 1. The van der Waals surface area contributed by atoms with Gasteiger partial charge in [-0.1, -0.05) is 39.1 Å². The van der Waals surface area contributed by atoms with Gasteiger partial charge < -0.3 is 15.7 Å². The molecule has 0 aliphatic carbocycles. The molecule has 0 radical (unpaired) electrons. The second kappa shape index (κ2) is 6.89. The fourth-order valence-electron chi connectivity index (χ4n) is 2.27. The van der Waals surface area contributed by atoms with Crippen molar-refractivity contribution in [2.24, 2.45) is 0 Å². The summed E-state index contributed by atoms with van der Waals surface area (Å²) >= 11 is 15.7. The normalized spacial score (nSPS) is 10.6. The quantitative estimate of drug-likeness (QED) is 0.453. The monoisotopic (exact) mass is 424 g/mol. The van der Waals surface area contributed by atoms with Gasteiger partial charge in [-0.05, 0) is 48.5 Å². The highest BCUT2D eigenvalue weighted by molar-refractivity contribution is 9.10. The Balaban J connectivity index is 1.93. The van der Waals surface area contributed by atoms with Gasteiger partial charge in [-0.15, -0.1) is 0 Å². The lowest BCUT2D eigenvalue weighted by Gasteiger charge is -2.13. The Kier molecular flexibility index (Phi) is 4.85. The SMILES string of the molecule is O=C(Nc1ccc(Br)cc1)Nc1c(Cl)cc(Cl)c2ccc(O)cc12. The third-order valence-corrected chi connectivity index (χ3v) is 4.50. The van der Waals surface area contributed by atoms with Gasteiger partial charge in [-0.3, -0.25) is 0 Å². The third-order valence-electron chi connectivity index (χ3n) is 3.36. The van der Waals surface area contributed by atoms with E-state index in [1.54, 1.807) is 24.3 Å². The van der Waals surface area contributed by atoms with E-state index >= 15 is 0 Å². The first-order valence-corrected chi connectivity index (χ1v) is 8.43. The van der Waals surface area contributed by atoms with Gasteiger partial charge in [0, 0.05) is 20.9 Å². The maximum Gasteiger partial charge on any atom is 0.323 e. The van der Waals surface area contributed by atoms with E-state index in [1.807, 2.05) is 12.1 Å². The van der Waals surface area contributed by atoms with Gasteiger partial charge in [-0.2, -0.15) is 0 Å². The Morgan fingerprint density at radius 2 is 1.62 bits per heavy atom. The summed E-state index contributed by atoms with van der Waals surface area (Å²) in [5, 5.41) is 17.1. The molecule has 3 N–H and O–H groups in total. The van der Waals surface area contributed by atoms with E-state index in [0.717, 1.165) is 4.47 Å². The molecule has 3 rings (SSSR count). The Morgan fingerprint density at radius 1 is 0.917 bits per heavy atom. The summed E-state index contributed by atoms with van der Waals surface area (Å²) in [6.45, 7) is 0. The van der Waals surface area contributed by atoms with Crippen molar-refractivity contribution in [2.75, 3.05) is 10.6 Å². The number of hydrogen-bond acceptors (Lipinski definition) is 2. The third kappa shape index (κ3) is 3.59. The molecule has 24 heavy (non-hydrogen) atoms. The van der Waals surface area contributed by atoms with Gasteiger partial charge in [0.15, 0.2) is 0 Å². The number of phenolic OH excluding ortho intramolecular Hbond substituents is 1. The first-order chi connectivity index (χ1) is 11.4. The largest absolute Gasteiger partial charge is 0.508 e. The van der Waals surface area contributed by atoms with E-state index in [2.05, 4.69) is 26.6 Å². The Hall–Kier alpha value is -1.95. The molecular formula is C17H11BrCl2N2O2. The van der Waals surface area contributed by atoms with E-state index in [4.69, 9.17) is 23.2 Å². The van der Waals surface area contributed by atoms with Crippen LogP contribution in [0.3, 0.4) is 0 Å². The van der Waals surface area contributed by atoms with Crippen molar-refractivity contribution in [1.29, 1.82) is 0 Å². The molecule has 0 saturated carbocycles. The first kappa shape index (κ1) is 16.9. The zero-order chi connectivity index (χ0) is 17.3. The summed E-state index contributed by atoms with van der Waals surface area (Å²) in [4.78, 5) is 12.2. The second-order valence-corrected chi connectivity index (χ2v) is 6.76. The number of halogens is 3. The van der Waals surface area contributed by atoms with Crippen molar-refractivity contribution in [3.05, 3.63) is 63.0 Å². The van der Waals surface area contributed by atoms with Gasteiger partial charge in [0.25, 0.3) is 0 Å². The topological polar surface area (TPSA) is 61.4 Å². The number of hydrogen-bond donors (Lipinski definition) is 3. The molecule has 0 spiro atoms. The maximum atomic E-state index is 12.2. The molecule has 3 aromatic carbocycles. The van der Waals surface area contributed by atoms with Gasteiger partial charge in [0.1, 0.15) is 5.75 Å². The van der Waals surface area contributed by atoms with Crippen molar-refractivity contribution in [3.8, 4) is 5.75 Å². The molecular weight excluding hydrogens is 415 g/mol. The molecule has 0 saturated heterocycles. The predicted octanol–water partition coefficient (Wildman–Crippen LogP) is 6.26. The molecule has 0 atom stereocenters. The lowest BCUT2D eigenvalue weighted by atomic mass is 10.1. The number of carbonyl (C=O) groups excluding carboxylic acids is 1. The fourth-order valence-corrected chi connectivity index (χ4v) is 3.13. The van der Waals surface area contributed by atoms with Crippen LogP contribution in [-0.4, -0.2) is 11.1 Å². The van der Waals surface area contributed by atoms with Crippen molar-refractivity contribution in [2.45, 2.75) is 0 Å². The molecule has 7 heteroatoms. The molecule has 2 amide bonds. The summed E-state index contributed by atoms with van der Waals surface area (Å²) in [6.07, 6.45) is 0. The molecule has 4 nitrogen and oxygen atoms in total.